The summed E-state index contributed by atoms with van der Waals surface area (Å²) in [6, 6.07) is 21.8. The summed E-state index contributed by atoms with van der Waals surface area (Å²) in [6.07, 6.45) is 0.178. The SMILES string of the molecule is CC(C)(C)[Si](Oc1cc(F)c(C=O)c(F)c1)(c1ccccc1)c1ccccc1. The minimum atomic E-state index is -2.99. The van der Waals surface area contributed by atoms with Crippen LogP contribution in [-0.4, -0.2) is 14.6 Å². The first kappa shape index (κ1) is 20.0. The van der Waals surface area contributed by atoms with Crippen LogP contribution in [0, 0.1) is 11.6 Å². The Morgan fingerprint density at radius 2 is 1.25 bits per heavy atom. The molecule has 0 fully saturated rings. The average molecular weight is 397 g/mol. The summed E-state index contributed by atoms with van der Waals surface area (Å²) >= 11 is 0. The smallest absolute Gasteiger partial charge is 0.319 e. The topological polar surface area (TPSA) is 26.3 Å². The van der Waals surface area contributed by atoms with Gasteiger partial charge in [-0.25, -0.2) is 8.78 Å². The third-order valence-corrected chi connectivity index (χ3v) is 9.81. The maximum absolute atomic E-state index is 14.3. The first-order valence-electron chi connectivity index (χ1n) is 9.04. The summed E-state index contributed by atoms with van der Waals surface area (Å²) in [5.74, 6) is -1.78. The van der Waals surface area contributed by atoms with Gasteiger partial charge in [0, 0.05) is 12.1 Å². The van der Waals surface area contributed by atoms with E-state index in [1.54, 1.807) is 0 Å². The average Bonchev–Trinajstić information content (AvgIpc) is 2.66. The molecule has 0 aliphatic carbocycles. The third kappa shape index (κ3) is 3.50. The second kappa shape index (κ2) is 7.68. The molecular formula is C23H22F2O2Si. The molecular weight excluding hydrogens is 374 g/mol. The number of aldehydes is 1. The molecule has 0 saturated heterocycles. The van der Waals surface area contributed by atoms with Crippen LogP contribution in [0.5, 0.6) is 5.75 Å². The quantitative estimate of drug-likeness (QED) is 0.461. The van der Waals surface area contributed by atoms with Crippen molar-refractivity contribution >= 4 is 25.0 Å². The molecule has 0 unspecified atom stereocenters. The van der Waals surface area contributed by atoms with Gasteiger partial charge >= 0.3 is 8.32 Å². The zero-order chi connectivity index (χ0) is 20.4. The molecule has 0 atom stereocenters. The van der Waals surface area contributed by atoms with Gasteiger partial charge in [0.1, 0.15) is 17.4 Å². The molecule has 0 N–H and O–H groups in total. The Balaban J connectivity index is 2.27. The Bertz CT molecular complexity index is 904. The van der Waals surface area contributed by atoms with Crippen molar-refractivity contribution in [3.63, 3.8) is 0 Å². The van der Waals surface area contributed by atoms with Crippen molar-refractivity contribution in [1.29, 1.82) is 0 Å². The van der Waals surface area contributed by atoms with Crippen LogP contribution in [0.3, 0.4) is 0 Å². The van der Waals surface area contributed by atoms with Gasteiger partial charge in [-0.15, -0.1) is 0 Å². The van der Waals surface area contributed by atoms with Crippen LogP contribution in [0.25, 0.3) is 0 Å². The molecule has 28 heavy (non-hydrogen) atoms. The molecule has 2 nitrogen and oxygen atoms in total. The lowest BCUT2D eigenvalue weighted by Crippen LogP contribution is -2.68. The van der Waals surface area contributed by atoms with Crippen molar-refractivity contribution < 1.29 is 18.0 Å². The van der Waals surface area contributed by atoms with Crippen molar-refractivity contribution in [1.82, 2.24) is 0 Å². The third-order valence-electron chi connectivity index (χ3n) is 4.86. The molecule has 0 aromatic heterocycles. The van der Waals surface area contributed by atoms with Gasteiger partial charge in [0.2, 0.25) is 0 Å². The highest BCUT2D eigenvalue weighted by Gasteiger charge is 2.52. The van der Waals surface area contributed by atoms with Crippen LogP contribution in [0.15, 0.2) is 72.8 Å². The van der Waals surface area contributed by atoms with Crippen LogP contribution in [0.2, 0.25) is 5.04 Å². The van der Waals surface area contributed by atoms with E-state index in [9.17, 15) is 13.6 Å². The van der Waals surface area contributed by atoms with Gasteiger partial charge in [-0.3, -0.25) is 4.79 Å². The zero-order valence-corrected chi connectivity index (χ0v) is 17.1. The van der Waals surface area contributed by atoms with E-state index in [-0.39, 0.29) is 17.1 Å². The maximum atomic E-state index is 14.3. The minimum absolute atomic E-state index is 0.0786. The van der Waals surface area contributed by atoms with Gasteiger partial charge in [-0.05, 0) is 15.4 Å². The van der Waals surface area contributed by atoms with E-state index < -0.39 is 25.5 Å². The predicted octanol–water partition coefficient (Wildman–Crippen LogP) is 4.72. The molecule has 0 saturated carbocycles. The van der Waals surface area contributed by atoms with Crippen LogP contribution in [-0.2, 0) is 0 Å². The van der Waals surface area contributed by atoms with Gasteiger partial charge in [0.05, 0.1) is 5.56 Å². The second-order valence-electron chi connectivity index (χ2n) is 7.68. The second-order valence-corrected chi connectivity index (χ2v) is 11.9. The number of halogens is 2. The summed E-state index contributed by atoms with van der Waals surface area (Å²) in [4.78, 5) is 10.9. The first-order chi connectivity index (χ1) is 13.3. The summed E-state index contributed by atoms with van der Waals surface area (Å²) in [5.41, 5.74) is -0.588. The maximum Gasteiger partial charge on any atom is 0.319 e. The first-order valence-corrected chi connectivity index (χ1v) is 10.9. The van der Waals surface area contributed by atoms with Crippen molar-refractivity contribution in [3.8, 4) is 5.75 Å². The normalized spacial score (nSPS) is 11.9. The largest absolute Gasteiger partial charge is 0.534 e. The number of hydrogen-bond acceptors (Lipinski definition) is 2. The van der Waals surface area contributed by atoms with E-state index in [1.807, 2.05) is 60.7 Å². The lowest BCUT2D eigenvalue weighted by atomic mass is 10.2. The van der Waals surface area contributed by atoms with Gasteiger partial charge in [0.15, 0.2) is 6.29 Å². The summed E-state index contributed by atoms with van der Waals surface area (Å²) in [6.45, 7) is 6.23. The van der Waals surface area contributed by atoms with Gasteiger partial charge < -0.3 is 4.43 Å². The van der Waals surface area contributed by atoms with E-state index in [1.165, 1.54) is 0 Å². The summed E-state index contributed by atoms with van der Waals surface area (Å²) < 4.78 is 35.0. The molecule has 0 heterocycles. The zero-order valence-electron chi connectivity index (χ0n) is 16.1. The molecule has 0 amide bonds. The lowest BCUT2D eigenvalue weighted by Gasteiger charge is -2.43. The molecule has 0 radical (unpaired) electrons. The monoisotopic (exact) mass is 396 g/mol. The minimum Gasteiger partial charge on any atom is -0.534 e. The number of benzene rings is 3. The Morgan fingerprint density at radius 1 is 0.821 bits per heavy atom. The summed E-state index contributed by atoms with van der Waals surface area (Å²) in [5, 5.41) is 1.65. The van der Waals surface area contributed by atoms with E-state index in [0.717, 1.165) is 22.5 Å². The standard InChI is InChI=1S/C23H22F2O2Si/c1-23(2,3)28(18-10-6-4-7-11-18,19-12-8-5-9-13-19)27-17-14-21(24)20(16-26)22(25)15-17/h4-16H,1-3H3. The van der Waals surface area contributed by atoms with Crippen molar-refractivity contribution in [3.05, 3.63) is 90.0 Å². The molecule has 3 rings (SSSR count). The van der Waals surface area contributed by atoms with Crippen molar-refractivity contribution in [2.45, 2.75) is 25.8 Å². The number of carbonyl (C=O) groups is 1. The Labute approximate surface area is 164 Å². The number of carbonyl (C=O) groups excluding carboxylic acids is 1. The molecule has 3 aromatic carbocycles. The van der Waals surface area contributed by atoms with Gasteiger partial charge in [-0.1, -0.05) is 81.4 Å². The lowest BCUT2D eigenvalue weighted by molar-refractivity contribution is 0.111. The molecule has 0 aliphatic heterocycles. The van der Waals surface area contributed by atoms with E-state index >= 15 is 0 Å². The number of rotatable bonds is 5. The van der Waals surface area contributed by atoms with Crippen LogP contribution < -0.4 is 14.8 Å². The van der Waals surface area contributed by atoms with Gasteiger partial charge in [-0.2, -0.15) is 0 Å². The van der Waals surface area contributed by atoms with E-state index in [0.29, 0.717) is 0 Å². The fraction of sp³-hybridized carbons (Fsp3) is 0.174. The molecule has 0 spiro atoms. The molecule has 3 aromatic rings. The highest BCUT2D eigenvalue weighted by Crippen LogP contribution is 2.38. The Kier molecular flexibility index (Phi) is 5.47. The molecule has 0 aliphatic rings. The van der Waals surface area contributed by atoms with Crippen molar-refractivity contribution in [2.75, 3.05) is 0 Å². The van der Waals surface area contributed by atoms with Crippen molar-refractivity contribution in [2.24, 2.45) is 0 Å². The predicted molar refractivity (Wildman–Crippen MR) is 110 cm³/mol. The number of hydrogen-bond donors (Lipinski definition) is 0. The van der Waals surface area contributed by atoms with Crippen LogP contribution in [0.1, 0.15) is 31.1 Å². The Morgan fingerprint density at radius 3 is 1.61 bits per heavy atom. The van der Waals surface area contributed by atoms with Crippen LogP contribution in [0.4, 0.5) is 8.78 Å². The molecule has 0 bridgehead atoms. The van der Waals surface area contributed by atoms with E-state index in [2.05, 4.69) is 20.8 Å². The van der Waals surface area contributed by atoms with E-state index in [4.69, 9.17) is 4.43 Å². The molecule has 144 valence electrons. The highest BCUT2D eigenvalue weighted by molar-refractivity contribution is 7.00. The fourth-order valence-corrected chi connectivity index (χ4v) is 7.96. The fourth-order valence-electron chi connectivity index (χ4n) is 3.56. The van der Waals surface area contributed by atoms with Crippen LogP contribution >= 0.6 is 0 Å². The summed E-state index contributed by atoms with van der Waals surface area (Å²) in [7, 11) is -2.99. The molecule has 5 heteroatoms. The highest BCUT2D eigenvalue weighted by atomic mass is 28.4. The Hall–Kier alpha value is -2.79. The van der Waals surface area contributed by atoms with Gasteiger partial charge in [0.25, 0.3) is 0 Å².